The van der Waals surface area contributed by atoms with E-state index >= 15 is 0 Å². The Labute approximate surface area is 210 Å². The molecule has 1 aliphatic carbocycles. The zero-order valence-corrected chi connectivity index (χ0v) is 20.2. The summed E-state index contributed by atoms with van der Waals surface area (Å²) in [6, 6.07) is 10.9. The predicted octanol–water partition coefficient (Wildman–Crippen LogP) is -0.0875. The fraction of sp³-hybridized carbons (Fsp3) is 0.0476. The number of nitrogen functional groups attached to an aromatic ring is 1. The minimum Gasteiger partial charge on any atom is -0.744 e. The van der Waals surface area contributed by atoms with E-state index in [-0.39, 0.29) is 63.3 Å². The zero-order valence-electron chi connectivity index (χ0n) is 17.4. The second-order valence-corrected chi connectivity index (χ2v) is 8.48. The van der Waals surface area contributed by atoms with E-state index in [9.17, 15) is 32.7 Å². The summed E-state index contributed by atoms with van der Waals surface area (Å²) in [5.74, 6) is -1.32. The Morgan fingerprint density at radius 2 is 1.55 bits per heavy atom. The van der Waals surface area contributed by atoms with E-state index < -0.39 is 42.8 Å². The van der Waals surface area contributed by atoms with Gasteiger partial charge in [0.2, 0.25) is 0 Å². The van der Waals surface area contributed by atoms with Crippen LogP contribution in [0.4, 0.5) is 22.7 Å². The molecule has 0 radical (unpaired) electrons. The molecule has 0 aromatic heterocycles. The summed E-state index contributed by atoms with van der Waals surface area (Å²) in [5.41, 5.74) is 4.85. The van der Waals surface area contributed by atoms with Crippen LogP contribution in [0.15, 0.2) is 53.4 Å². The van der Waals surface area contributed by atoms with E-state index in [4.69, 9.17) is 5.73 Å². The van der Waals surface area contributed by atoms with Crippen molar-refractivity contribution in [2.45, 2.75) is 11.8 Å². The van der Waals surface area contributed by atoms with Crippen molar-refractivity contribution in [1.29, 1.82) is 0 Å². The SMILES string of the molecule is Cc1ccc(Nc2cc(S(=O)(=O)[O-])c(N)c3c2C(=O)c2ccccc2C3=O)cc1[N+](=O)[O-].[Na+]. The van der Waals surface area contributed by atoms with Crippen molar-refractivity contribution in [3.05, 3.63) is 86.5 Å². The number of nitro benzene ring substituents is 1. The summed E-state index contributed by atoms with van der Waals surface area (Å²) in [4.78, 5) is 36.1. The van der Waals surface area contributed by atoms with Gasteiger partial charge in [0, 0.05) is 28.4 Å². The van der Waals surface area contributed by atoms with Gasteiger partial charge >= 0.3 is 29.6 Å². The number of rotatable bonds is 4. The number of aryl methyl sites for hydroxylation is 1. The van der Waals surface area contributed by atoms with Crippen LogP contribution < -0.4 is 40.6 Å². The molecule has 162 valence electrons. The van der Waals surface area contributed by atoms with Crippen LogP contribution in [0.5, 0.6) is 0 Å². The van der Waals surface area contributed by atoms with Crippen molar-refractivity contribution in [3.8, 4) is 0 Å². The van der Waals surface area contributed by atoms with Gasteiger partial charge in [0.05, 0.1) is 32.3 Å². The molecule has 3 aromatic carbocycles. The third-order valence-corrected chi connectivity index (χ3v) is 6.03. The summed E-state index contributed by atoms with van der Waals surface area (Å²) in [6.07, 6.45) is 0. The molecule has 10 nitrogen and oxygen atoms in total. The number of ketones is 2. The van der Waals surface area contributed by atoms with E-state index in [0.29, 0.717) is 5.56 Å². The van der Waals surface area contributed by atoms with Gasteiger partial charge in [0.15, 0.2) is 11.6 Å². The molecule has 3 aromatic rings. The van der Waals surface area contributed by atoms with Crippen molar-refractivity contribution in [3.63, 3.8) is 0 Å². The maximum atomic E-state index is 13.2. The Morgan fingerprint density at radius 1 is 0.970 bits per heavy atom. The molecule has 4 rings (SSSR count). The number of carbonyl (C=O) groups excluding carboxylic acids is 2. The largest absolute Gasteiger partial charge is 1.00 e. The number of nitro groups is 1. The number of benzene rings is 3. The first-order chi connectivity index (χ1) is 15.0. The van der Waals surface area contributed by atoms with E-state index in [1.165, 1.54) is 43.3 Å². The van der Waals surface area contributed by atoms with Gasteiger partial charge < -0.3 is 15.6 Å². The average Bonchev–Trinajstić information content (AvgIpc) is 2.73. The summed E-state index contributed by atoms with van der Waals surface area (Å²) < 4.78 is 35.5. The average molecular weight is 475 g/mol. The number of carbonyl (C=O) groups is 2. The smallest absolute Gasteiger partial charge is 0.744 e. The van der Waals surface area contributed by atoms with Crippen LogP contribution in [-0.2, 0) is 10.1 Å². The monoisotopic (exact) mass is 475 g/mol. The van der Waals surface area contributed by atoms with Gasteiger partial charge in [-0.15, -0.1) is 0 Å². The minimum atomic E-state index is -5.12. The molecule has 33 heavy (non-hydrogen) atoms. The van der Waals surface area contributed by atoms with Gasteiger partial charge in [-0.05, 0) is 19.1 Å². The van der Waals surface area contributed by atoms with Gasteiger partial charge in [0.1, 0.15) is 10.1 Å². The quantitative estimate of drug-likeness (QED) is 0.134. The fourth-order valence-corrected chi connectivity index (χ4v) is 4.27. The molecule has 0 fully saturated rings. The molecule has 0 saturated carbocycles. The minimum absolute atomic E-state index is 0. The Balaban J connectivity index is 0.00000306. The molecular formula is C21H14N3NaO7S. The zero-order chi connectivity index (χ0) is 23.4. The van der Waals surface area contributed by atoms with Crippen molar-refractivity contribution in [2.75, 3.05) is 11.1 Å². The van der Waals surface area contributed by atoms with E-state index in [0.717, 1.165) is 6.07 Å². The second-order valence-electron chi connectivity index (χ2n) is 7.13. The Morgan fingerprint density at radius 3 is 2.09 bits per heavy atom. The van der Waals surface area contributed by atoms with Crippen molar-refractivity contribution in [1.82, 2.24) is 0 Å². The Hall–Kier alpha value is -3.09. The van der Waals surface area contributed by atoms with Crippen molar-refractivity contribution >= 4 is 44.4 Å². The van der Waals surface area contributed by atoms with Gasteiger partial charge in [-0.3, -0.25) is 19.7 Å². The molecule has 0 atom stereocenters. The maximum absolute atomic E-state index is 13.2. The van der Waals surface area contributed by atoms with Crippen LogP contribution in [-0.4, -0.2) is 29.5 Å². The van der Waals surface area contributed by atoms with Gasteiger partial charge in [-0.2, -0.15) is 0 Å². The third-order valence-electron chi connectivity index (χ3n) is 5.15. The Bertz CT molecular complexity index is 1470. The van der Waals surface area contributed by atoms with Crippen LogP contribution in [0.1, 0.15) is 37.4 Å². The van der Waals surface area contributed by atoms with Crippen molar-refractivity contribution in [2.24, 2.45) is 0 Å². The molecule has 3 N–H and O–H groups in total. The van der Waals surface area contributed by atoms with Crippen LogP contribution in [0.2, 0.25) is 0 Å². The summed E-state index contributed by atoms with van der Waals surface area (Å²) in [6.45, 7) is 1.54. The van der Waals surface area contributed by atoms with E-state index in [1.807, 2.05) is 0 Å². The number of fused-ring (bicyclic) bond motifs is 2. The first kappa shape index (κ1) is 24.6. The number of hydrogen-bond donors (Lipinski definition) is 2. The first-order valence-corrected chi connectivity index (χ1v) is 10.5. The normalized spacial score (nSPS) is 12.4. The number of hydrogen-bond acceptors (Lipinski definition) is 9. The molecule has 0 heterocycles. The van der Waals surface area contributed by atoms with Gasteiger partial charge in [0.25, 0.3) is 5.69 Å². The second kappa shape index (κ2) is 8.69. The molecule has 0 unspecified atom stereocenters. The van der Waals surface area contributed by atoms with E-state index in [1.54, 1.807) is 6.07 Å². The summed E-state index contributed by atoms with van der Waals surface area (Å²) in [7, 11) is -5.12. The number of anilines is 3. The van der Waals surface area contributed by atoms with Gasteiger partial charge in [-0.25, -0.2) is 8.42 Å². The third kappa shape index (κ3) is 4.16. The van der Waals surface area contributed by atoms with Crippen LogP contribution >= 0.6 is 0 Å². The van der Waals surface area contributed by atoms with Crippen LogP contribution in [0, 0.1) is 17.0 Å². The number of nitrogens with zero attached hydrogens (tertiary/aromatic N) is 1. The summed E-state index contributed by atoms with van der Waals surface area (Å²) in [5, 5.41) is 14.0. The molecule has 1 aliphatic rings. The predicted molar refractivity (Wildman–Crippen MR) is 113 cm³/mol. The van der Waals surface area contributed by atoms with Crippen molar-refractivity contribution < 1.29 is 57.0 Å². The van der Waals surface area contributed by atoms with Gasteiger partial charge in [-0.1, -0.05) is 30.3 Å². The maximum Gasteiger partial charge on any atom is 1.00 e. The Kier molecular flexibility index (Phi) is 6.46. The van der Waals surface area contributed by atoms with E-state index in [2.05, 4.69) is 5.32 Å². The molecule has 0 saturated heterocycles. The molecular weight excluding hydrogens is 461 g/mol. The molecule has 0 bridgehead atoms. The molecule has 0 spiro atoms. The fourth-order valence-electron chi connectivity index (χ4n) is 3.64. The molecule has 0 aliphatic heterocycles. The standard InChI is InChI=1S/C21H15N3O7S.Na/c1-10-6-7-11(8-15(10)24(27)28)23-14-9-16(32(29,30)31)19(22)18-17(14)20(25)12-4-2-3-5-13(12)21(18)26;/h2-9,23H,22H2,1H3,(H,29,30,31);/q;+1/p-1. The number of nitrogens with two attached hydrogens (primary N) is 1. The molecule has 12 heteroatoms. The van der Waals surface area contributed by atoms with Crippen LogP contribution in [0.3, 0.4) is 0 Å². The first-order valence-electron chi connectivity index (χ1n) is 9.13. The topological polar surface area (TPSA) is 173 Å². The summed E-state index contributed by atoms with van der Waals surface area (Å²) >= 11 is 0. The number of nitrogens with one attached hydrogen (secondary N) is 1. The molecule has 0 amide bonds. The van der Waals surface area contributed by atoms with Crippen LogP contribution in [0.25, 0.3) is 0 Å².